The fraction of sp³-hybridized carbons (Fsp3) is 0.150. The van der Waals surface area contributed by atoms with E-state index in [0.717, 1.165) is 22.4 Å². The van der Waals surface area contributed by atoms with Crippen molar-refractivity contribution in [3.05, 3.63) is 77.9 Å². The van der Waals surface area contributed by atoms with Gasteiger partial charge in [-0.15, -0.1) is 0 Å². The Hall–Kier alpha value is -3.41. The van der Waals surface area contributed by atoms with E-state index in [1.165, 1.54) is 0 Å². The van der Waals surface area contributed by atoms with E-state index in [1.54, 1.807) is 18.6 Å². The Morgan fingerprint density at radius 2 is 1.88 bits per heavy atom. The number of carbonyl (C=O) groups is 2. The van der Waals surface area contributed by atoms with Gasteiger partial charge >= 0.3 is 11.8 Å². The second-order valence-electron chi connectivity index (χ2n) is 6.08. The summed E-state index contributed by atoms with van der Waals surface area (Å²) in [6.45, 7) is 4.21. The number of amides is 2. The number of nitrogens with one attached hydrogen (secondary N) is 2. The van der Waals surface area contributed by atoms with Gasteiger partial charge in [0.05, 0.1) is 6.33 Å². The van der Waals surface area contributed by atoms with E-state index in [9.17, 15) is 9.59 Å². The van der Waals surface area contributed by atoms with E-state index in [-0.39, 0.29) is 6.54 Å². The molecule has 0 radical (unpaired) electrons. The Kier molecular flexibility index (Phi) is 5.12. The predicted octanol–water partition coefficient (Wildman–Crippen LogP) is 2.74. The van der Waals surface area contributed by atoms with E-state index in [1.807, 2.05) is 61.0 Å². The first kappa shape index (κ1) is 17.4. The molecule has 0 unspecified atom stereocenters. The van der Waals surface area contributed by atoms with Crippen molar-refractivity contribution in [1.82, 2.24) is 14.9 Å². The van der Waals surface area contributed by atoms with E-state index < -0.39 is 11.8 Å². The topological polar surface area (TPSA) is 76.0 Å². The maximum atomic E-state index is 12.0. The Morgan fingerprint density at radius 3 is 2.62 bits per heavy atom. The molecule has 1 aromatic heterocycles. The number of benzene rings is 2. The Morgan fingerprint density at radius 1 is 1.04 bits per heavy atom. The monoisotopic (exact) mass is 348 g/mol. The van der Waals surface area contributed by atoms with Crippen LogP contribution in [0.4, 0.5) is 5.69 Å². The molecule has 3 rings (SSSR count). The molecule has 2 amide bonds. The Labute approximate surface area is 151 Å². The summed E-state index contributed by atoms with van der Waals surface area (Å²) >= 11 is 0. The standard InChI is InChI=1S/C20H20N4O2/c1-14-6-7-17(10-15(14)2)23-20(26)19(25)22-12-16-4-3-5-18(11-16)24-9-8-21-13-24/h3-11,13H,12H2,1-2H3,(H,22,25)(H,23,26). The SMILES string of the molecule is Cc1ccc(NC(=O)C(=O)NCc2cccc(-n3ccnc3)c2)cc1C. The van der Waals surface area contributed by atoms with Crippen LogP contribution in [0.15, 0.2) is 61.2 Å². The van der Waals surface area contributed by atoms with E-state index in [2.05, 4.69) is 15.6 Å². The van der Waals surface area contributed by atoms with E-state index in [4.69, 9.17) is 0 Å². The van der Waals surface area contributed by atoms with Crippen LogP contribution >= 0.6 is 0 Å². The molecule has 26 heavy (non-hydrogen) atoms. The van der Waals surface area contributed by atoms with Gasteiger partial charge in [0, 0.05) is 30.3 Å². The molecule has 2 aromatic carbocycles. The molecule has 2 N–H and O–H groups in total. The molecular weight excluding hydrogens is 328 g/mol. The molecule has 0 saturated heterocycles. The maximum Gasteiger partial charge on any atom is 0.313 e. The van der Waals surface area contributed by atoms with Gasteiger partial charge in [0.15, 0.2) is 0 Å². The van der Waals surface area contributed by atoms with Crippen molar-refractivity contribution in [3.63, 3.8) is 0 Å². The second-order valence-corrected chi connectivity index (χ2v) is 6.08. The van der Waals surface area contributed by atoms with E-state index >= 15 is 0 Å². The molecule has 1 heterocycles. The van der Waals surface area contributed by atoms with Crippen molar-refractivity contribution in [1.29, 1.82) is 0 Å². The van der Waals surface area contributed by atoms with Crippen molar-refractivity contribution < 1.29 is 9.59 Å². The van der Waals surface area contributed by atoms with Gasteiger partial charge in [0.1, 0.15) is 0 Å². The van der Waals surface area contributed by atoms with Crippen molar-refractivity contribution in [3.8, 4) is 5.69 Å². The molecule has 6 heteroatoms. The lowest BCUT2D eigenvalue weighted by molar-refractivity contribution is -0.136. The van der Waals surface area contributed by atoms with Crippen molar-refractivity contribution in [2.45, 2.75) is 20.4 Å². The fourth-order valence-electron chi connectivity index (χ4n) is 2.51. The number of hydrogen-bond acceptors (Lipinski definition) is 3. The zero-order valence-electron chi connectivity index (χ0n) is 14.7. The molecule has 0 aliphatic carbocycles. The van der Waals surface area contributed by atoms with Crippen LogP contribution in [0, 0.1) is 13.8 Å². The van der Waals surface area contributed by atoms with Gasteiger partial charge in [0.2, 0.25) is 0 Å². The first-order chi connectivity index (χ1) is 12.5. The molecule has 0 saturated carbocycles. The van der Waals surface area contributed by atoms with Gasteiger partial charge in [-0.2, -0.15) is 0 Å². The van der Waals surface area contributed by atoms with Gasteiger partial charge in [-0.3, -0.25) is 9.59 Å². The number of anilines is 1. The highest BCUT2D eigenvalue weighted by molar-refractivity contribution is 6.39. The minimum absolute atomic E-state index is 0.266. The van der Waals surface area contributed by atoms with Gasteiger partial charge in [0.25, 0.3) is 0 Å². The third kappa shape index (κ3) is 4.16. The molecular formula is C20H20N4O2. The van der Waals surface area contributed by atoms with Crippen molar-refractivity contribution in [2.24, 2.45) is 0 Å². The van der Waals surface area contributed by atoms with Crippen LogP contribution in [0.25, 0.3) is 5.69 Å². The number of aryl methyl sites for hydroxylation is 2. The molecule has 6 nitrogen and oxygen atoms in total. The number of rotatable bonds is 4. The molecule has 0 spiro atoms. The average molecular weight is 348 g/mol. The summed E-state index contributed by atoms with van der Waals surface area (Å²) < 4.78 is 1.87. The number of nitrogens with zero attached hydrogens (tertiary/aromatic N) is 2. The number of imidazole rings is 1. The van der Waals surface area contributed by atoms with E-state index in [0.29, 0.717) is 5.69 Å². The van der Waals surface area contributed by atoms with Crippen LogP contribution in [0.1, 0.15) is 16.7 Å². The zero-order valence-corrected chi connectivity index (χ0v) is 14.7. The minimum atomic E-state index is -0.681. The highest BCUT2D eigenvalue weighted by Crippen LogP contribution is 2.14. The maximum absolute atomic E-state index is 12.0. The molecule has 0 aliphatic heterocycles. The average Bonchev–Trinajstić information content (AvgIpc) is 3.18. The molecule has 0 atom stereocenters. The number of carbonyl (C=O) groups excluding carboxylic acids is 2. The summed E-state index contributed by atoms with van der Waals surface area (Å²) in [6.07, 6.45) is 5.25. The lowest BCUT2D eigenvalue weighted by atomic mass is 10.1. The fourth-order valence-corrected chi connectivity index (χ4v) is 2.51. The zero-order chi connectivity index (χ0) is 18.5. The van der Waals surface area contributed by atoms with Gasteiger partial charge in [-0.05, 0) is 54.8 Å². The molecule has 3 aromatic rings. The van der Waals surface area contributed by atoms with Gasteiger partial charge in [-0.1, -0.05) is 18.2 Å². The summed E-state index contributed by atoms with van der Waals surface area (Å²) in [5.41, 5.74) is 4.62. The molecule has 0 aliphatic rings. The summed E-state index contributed by atoms with van der Waals surface area (Å²) in [7, 11) is 0. The predicted molar refractivity (Wildman–Crippen MR) is 100.0 cm³/mol. The Balaban J connectivity index is 1.59. The van der Waals surface area contributed by atoms with Crippen molar-refractivity contribution >= 4 is 17.5 Å². The van der Waals surface area contributed by atoms with Crippen LogP contribution in [0.3, 0.4) is 0 Å². The highest BCUT2D eigenvalue weighted by atomic mass is 16.2. The van der Waals surface area contributed by atoms with Gasteiger partial charge < -0.3 is 15.2 Å². The largest absolute Gasteiger partial charge is 0.344 e. The summed E-state index contributed by atoms with van der Waals surface area (Å²) in [6, 6.07) is 13.2. The van der Waals surface area contributed by atoms with Crippen LogP contribution in [0.2, 0.25) is 0 Å². The normalized spacial score (nSPS) is 10.4. The lowest BCUT2D eigenvalue weighted by Crippen LogP contribution is -2.35. The summed E-state index contributed by atoms with van der Waals surface area (Å²) in [5.74, 6) is -1.35. The van der Waals surface area contributed by atoms with Crippen LogP contribution in [-0.4, -0.2) is 21.4 Å². The summed E-state index contributed by atoms with van der Waals surface area (Å²) in [5, 5.41) is 5.26. The molecule has 0 bridgehead atoms. The third-order valence-corrected chi connectivity index (χ3v) is 4.14. The number of hydrogen-bond donors (Lipinski definition) is 2. The Bertz CT molecular complexity index is 933. The number of aromatic nitrogens is 2. The quantitative estimate of drug-likeness (QED) is 0.712. The van der Waals surface area contributed by atoms with Crippen LogP contribution < -0.4 is 10.6 Å². The summed E-state index contributed by atoms with van der Waals surface area (Å²) in [4.78, 5) is 28.1. The molecule has 0 fully saturated rings. The highest BCUT2D eigenvalue weighted by Gasteiger charge is 2.13. The van der Waals surface area contributed by atoms with Crippen LogP contribution in [0.5, 0.6) is 0 Å². The third-order valence-electron chi connectivity index (χ3n) is 4.14. The first-order valence-corrected chi connectivity index (χ1v) is 8.26. The second kappa shape index (κ2) is 7.65. The van der Waals surface area contributed by atoms with Crippen molar-refractivity contribution in [2.75, 3.05) is 5.32 Å². The first-order valence-electron chi connectivity index (χ1n) is 8.26. The lowest BCUT2D eigenvalue weighted by Gasteiger charge is -2.09. The smallest absolute Gasteiger partial charge is 0.313 e. The van der Waals surface area contributed by atoms with Gasteiger partial charge in [-0.25, -0.2) is 4.98 Å². The molecule has 132 valence electrons. The minimum Gasteiger partial charge on any atom is -0.344 e. The van der Waals surface area contributed by atoms with Crippen LogP contribution in [-0.2, 0) is 16.1 Å².